The maximum absolute atomic E-state index is 11.3. The molecule has 0 saturated carbocycles. The van der Waals surface area contributed by atoms with Gasteiger partial charge in [0.25, 0.3) is 0 Å². The maximum atomic E-state index is 11.3. The van der Waals surface area contributed by atoms with Crippen molar-refractivity contribution in [1.82, 2.24) is 4.90 Å². The quantitative estimate of drug-likeness (QED) is 0.340. The number of likely N-dealkylation sites (tertiary alicyclic amines) is 1. The van der Waals surface area contributed by atoms with Crippen molar-refractivity contribution >= 4 is 0 Å². The van der Waals surface area contributed by atoms with Gasteiger partial charge in [-0.1, -0.05) is 58.1 Å². The number of ether oxygens (including phenoxy) is 1. The van der Waals surface area contributed by atoms with Gasteiger partial charge in [-0.25, -0.2) is 0 Å². The number of rotatable bonds is 8. The first-order valence-electron chi connectivity index (χ1n) is 13.2. The van der Waals surface area contributed by atoms with Crippen LogP contribution in [0.2, 0.25) is 0 Å². The molecule has 2 aliphatic heterocycles. The van der Waals surface area contributed by atoms with E-state index >= 15 is 0 Å². The number of fused-ring (bicyclic) bond motifs is 3. The van der Waals surface area contributed by atoms with Gasteiger partial charge in [0.15, 0.2) is 0 Å². The molecule has 0 aromatic heterocycles. The highest BCUT2D eigenvalue weighted by molar-refractivity contribution is 5.54. The predicted octanol–water partition coefficient (Wildman–Crippen LogP) is 7.33. The summed E-state index contributed by atoms with van der Waals surface area (Å²) in [7, 11) is 0. The van der Waals surface area contributed by atoms with E-state index in [1.165, 1.54) is 57.2 Å². The monoisotopic (exact) mass is 439 g/mol. The Morgan fingerprint density at radius 3 is 2.59 bits per heavy atom. The summed E-state index contributed by atoms with van der Waals surface area (Å²) in [6.07, 6.45) is 13.5. The molecule has 1 aliphatic carbocycles. The smallest absolute Gasteiger partial charge is 0.127 e. The van der Waals surface area contributed by atoms with Gasteiger partial charge in [-0.15, -0.1) is 0 Å². The number of allylic oxidation sites excluding steroid dienone is 1. The second kappa shape index (κ2) is 9.41. The normalized spacial score (nSPS) is 25.1. The molecule has 4 rings (SSSR count). The summed E-state index contributed by atoms with van der Waals surface area (Å²) in [4.78, 5) is 2.60. The van der Waals surface area contributed by atoms with E-state index in [-0.39, 0.29) is 11.0 Å². The molecule has 2 heterocycles. The molecule has 0 radical (unpaired) electrons. The summed E-state index contributed by atoms with van der Waals surface area (Å²) in [5, 5.41) is 11.3. The number of hydrogen-bond acceptors (Lipinski definition) is 3. The van der Waals surface area contributed by atoms with Gasteiger partial charge in [0, 0.05) is 23.9 Å². The lowest BCUT2D eigenvalue weighted by Gasteiger charge is -2.47. The SMILES string of the molecule is CCCCCCC(C)(C)c1cc(O)c2c(c1)OC(C)(C)C1CC=C(CN3CCCC3)CC21. The summed E-state index contributed by atoms with van der Waals surface area (Å²) in [5.41, 5.74) is 3.65. The summed E-state index contributed by atoms with van der Waals surface area (Å²) in [5.74, 6) is 2.14. The molecule has 2 unspecified atom stereocenters. The van der Waals surface area contributed by atoms with Gasteiger partial charge < -0.3 is 9.84 Å². The number of hydrogen-bond donors (Lipinski definition) is 1. The molecule has 1 saturated heterocycles. The Hall–Kier alpha value is -1.48. The van der Waals surface area contributed by atoms with Crippen molar-refractivity contribution in [3.05, 3.63) is 34.9 Å². The Balaban J connectivity index is 1.59. The second-order valence-electron chi connectivity index (χ2n) is 11.8. The van der Waals surface area contributed by atoms with Crippen LogP contribution in [-0.4, -0.2) is 35.2 Å². The van der Waals surface area contributed by atoms with Crippen LogP contribution in [-0.2, 0) is 5.41 Å². The molecule has 178 valence electrons. The molecule has 1 fully saturated rings. The third-order valence-electron chi connectivity index (χ3n) is 8.45. The fraction of sp³-hybridized carbons (Fsp3) is 0.724. The van der Waals surface area contributed by atoms with E-state index in [9.17, 15) is 5.11 Å². The number of aromatic hydroxyl groups is 1. The minimum atomic E-state index is -0.219. The largest absolute Gasteiger partial charge is 0.508 e. The summed E-state index contributed by atoms with van der Waals surface area (Å²) >= 11 is 0. The van der Waals surface area contributed by atoms with Gasteiger partial charge in [0.2, 0.25) is 0 Å². The van der Waals surface area contributed by atoms with Gasteiger partial charge in [0.1, 0.15) is 17.1 Å². The van der Waals surface area contributed by atoms with Crippen LogP contribution >= 0.6 is 0 Å². The van der Waals surface area contributed by atoms with Crippen LogP contribution in [0.3, 0.4) is 0 Å². The fourth-order valence-corrected chi connectivity index (χ4v) is 6.35. The Bertz CT molecular complexity index is 832. The molecule has 3 aliphatic rings. The zero-order chi connectivity index (χ0) is 22.9. The van der Waals surface area contributed by atoms with Gasteiger partial charge >= 0.3 is 0 Å². The van der Waals surface area contributed by atoms with E-state index in [1.54, 1.807) is 5.57 Å². The molecule has 0 bridgehead atoms. The molecule has 3 heteroatoms. The molecule has 0 amide bonds. The third kappa shape index (κ3) is 4.88. The van der Waals surface area contributed by atoms with Crippen LogP contribution < -0.4 is 4.74 Å². The van der Waals surface area contributed by atoms with E-state index in [0.29, 0.717) is 17.6 Å². The minimum Gasteiger partial charge on any atom is -0.508 e. The molecule has 1 N–H and O–H groups in total. The second-order valence-corrected chi connectivity index (χ2v) is 11.8. The molecule has 1 aromatic rings. The highest BCUT2D eigenvalue weighted by atomic mass is 16.5. The third-order valence-corrected chi connectivity index (χ3v) is 8.45. The summed E-state index contributed by atoms with van der Waals surface area (Å²) in [6.45, 7) is 14.9. The van der Waals surface area contributed by atoms with Crippen molar-refractivity contribution in [2.45, 2.75) is 109 Å². The van der Waals surface area contributed by atoms with Crippen LogP contribution in [0.15, 0.2) is 23.8 Å². The topological polar surface area (TPSA) is 32.7 Å². The fourth-order valence-electron chi connectivity index (χ4n) is 6.35. The lowest BCUT2D eigenvalue weighted by Crippen LogP contribution is -2.46. The Morgan fingerprint density at radius 2 is 1.88 bits per heavy atom. The first-order chi connectivity index (χ1) is 15.2. The van der Waals surface area contributed by atoms with E-state index in [4.69, 9.17) is 4.74 Å². The van der Waals surface area contributed by atoms with E-state index in [1.807, 2.05) is 0 Å². The molecule has 32 heavy (non-hydrogen) atoms. The first kappa shape index (κ1) is 23.7. The van der Waals surface area contributed by atoms with E-state index in [0.717, 1.165) is 37.1 Å². The zero-order valence-corrected chi connectivity index (χ0v) is 21.2. The number of nitrogens with zero attached hydrogens (tertiary/aromatic N) is 1. The Labute approximate surface area is 196 Å². The number of benzene rings is 1. The van der Waals surface area contributed by atoms with Crippen LogP contribution in [0.1, 0.15) is 109 Å². The molecule has 3 nitrogen and oxygen atoms in total. The zero-order valence-electron chi connectivity index (χ0n) is 21.2. The van der Waals surface area contributed by atoms with Crippen molar-refractivity contribution in [1.29, 1.82) is 0 Å². The van der Waals surface area contributed by atoms with Gasteiger partial charge in [-0.2, -0.15) is 0 Å². The number of unbranched alkanes of at least 4 members (excludes halogenated alkanes) is 3. The van der Waals surface area contributed by atoms with Crippen LogP contribution in [0.4, 0.5) is 0 Å². The average molecular weight is 440 g/mol. The first-order valence-corrected chi connectivity index (χ1v) is 13.2. The average Bonchev–Trinajstić information content (AvgIpc) is 3.23. The molecule has 1 aromatic carbocycles. The van der Waals surface area contributed by atoms with Crippen molar-refractivity contribution in [2.75, 3.05) is 19.6 Å². The number of phenols is 1. The van der Waals surface area contributed by atoms with Crippen molar-refractivity contribution < 1.29 is 9.84 Å². The highest BCUT2D eigenvalue weighted by Crippen LogP contribution is 2.55. The van der Waals surface area contributed by atoms with E-state index in [2.05, 4.69) is 57.7 Å². The number of phenolic OH excluding ortho intramolecular Hbond substituents is 1. The van der Waals surface area contributed by atoms with Gasteiger partial charge in [-0.3, -0.25) is 4.90 Å². The molecular weight excluding hydrogens is 394 g/mol. The minimum absolute atomic E-state index is 0.0397. The lowest BCUT2D eigenvalue weighted by atomic mass is 9.66. The van der Waals surface area contributed by atoms with Crippen LogP contribution in [0.25, 0.3) is 0 Å². The predicted molar refractivity (Wildman–Crippen MR) is 134 cm³/mol. The van der Waals surface area contributed by atoms with Crippen molar-refractivity contribution in [2.24, 2.45) is 5.92 Å². The Morgan fingerprint density at radius 1 is 1.12 bits per heavy atom. The maximum Gasteiger partial charge on any atom is 0.127 e. The van der Waals surface area contributed by atoms with Crippen molar-refractivity contribution in [3.63, 3.8) is 0 Å². The highest BCUT2D eigenvalue weighted by Gasteiger charge is 2.46. The van der Waals surface area contributed by atoms with Crippen LogP contribution in [0.5, 0.6) is 11.5 Å². The van der Waals surface area contributed by atoms with Gasteiger partial charge in [0.05, 0.1) is 0 Å². The summed E-state index contributed by atoms with van der Waals surface area (Å²) < 4.78 is 6.62. The molecule has 2 atom stereocenters. The molecule has 0 spiro atoms. The Kier molecular flexibility index (Phi) is 6.96. The standard InChI is InChI=1S/C29H45NO2/c1-6-7-8-9-14-28(2,3)22-18-25(31)27-23-17-21(20-30-15-10-11-16-30)12-13-24(23)29(4,5)32-26(27)19-22/h12,18-19,23-24,31H,6-11,13-17,20H2,1-5H3. The van der Waals surface area contributed by atoms with E-state index < -0.39 is 0 Å². The van der Waals surface area contributed by atoms with Gasteiger partial charge in [-0.05, 0) is 82.2 Å². The lowest BCUT2D eigenvalue weighted by molar-refractivity contribution is 0.00694. The van der Waals surface area contributed by atoms with Crippen LogP contribution in [0, 0.1) is 5.92 Å². The molecular formula is C29H45NO2. The summed E-state index contributed by atoms with van der Waals surface area (Å²) in [6, 6.07) is 4.31. The van der Waals surface area contributed by atoms with Crippen molar-refractivity contribution in [3.8, 4) is 11.5 Å².